The molecule has 2 N–H and O–H groups in total. The normalized spacial score (nSPS) is 10.3. The molecule has 0 aliphatic rings. The molecule has 0 saturated carbocycles. The lowest BCUT2D eigenvalue weighted by Gasteiger charge is -2.07. The van der Waals surface area contributed by atoms with Crippen molar-refractivity contribution in [2.75, 3.05) is 17.2 Å². The molecule has 6 nitrogen and oxygen atoms in total. The summed E-state index contributed by atoms with van der Waals surface area (Å²) in [6.07, 6.45) is 4.65. The Balaban J connectivity index is 1.92. The van der Waals surface area contributed by atoms with Crippen LogP contribution in [0.15, 0.2) is 23.0 Å². The Kier molecular flexibility index (Phi) is 4.11. The number of nitrogens with one attached hydrogen (secondary N) is 2. The molecule has 0 aromatic carbocycles. The maximum atomic E-state index is 5.02. The van der Waals surface area contributed by atoms with Crippen molar-refractivity contribution < 1.29 is 4.52 Å². The fourth-order valence-electron chi connectivity index (χ4n) is 1.49. The van der Waals surface area contributed by atoms with Crippen LogP contribution in [0.4, 0.5) is 11.4 Å². The van der Waals surface area contributed by atoms with Gasteiger partial charge >= 0.3 is 0 Å². The van der Waals surface area contributed by atoms with Gasteiger partial charge in [-0.15, -0.1) is 0 Å². The van der Waals surface area contributed by atoms with Gasteiger partial charge in [0, 0.05) is 6.54 Å². The molecule has 0 amide bonds. The first-order valence-electron chi connectivity index (χ1n) is 6.00. The Bertz CT molecular complexity index is 497. The lowest BCUT2D eigenvalue weighted by atomic mass is 10.3. The van der Waals surface area contributed by atoms with Gasteiger partial charge in [-0.2, -0.15) is 4.98 Å². The van der Waals surface area contributed by atoms with E-state index in [1.165, 1.54) is 0 Å². The molecule has 6 heteroatoms. The van der Waals surface area contributed by atoms with E-state index in [1.54, 1.807) is 19.3 Å². The van der Waals surface area contributed by atoms with E-state index in [1.807, 2.05) is 6.07 Å². The Morgan fingerprint density at radius 3 is 2.67 bits per heavy atom. The van der Waals surface area contributed by atoms with Crippen LogP contribution in [0.3, 0.4) is 0 Å². The van der Waals surface area contributed by atoms with E-state index < -0.39 is 0 Å². The zero-order chi connectivity index (χ0) is 12.8. The molecule has 0 spiro atoms. The van der Waals surface area contributed by atoms with Crippen LogP contribution >= 0.6 is 0 Å². The Labute approximate surface area is 106 Å². The summed E-state index contributed by atoms with van der Waals surface area (Å²) >= 11 is 0. The quantitative estimate of drug-likeness (QED) is 0.815. The zero-order valence-corrected chi connectivity index (χ0v) is 10.6. The molecular weight excluding hydrogens is 230 g/mol. The van der Waals surface area contributed by atoms with Gasteiger partial charge in [-0.25, -0.2) is 0 Å². The molecule has 2 heterocycles. The number of nitrogens with zero attached hydrogens (tertiary/aromatic N) is 3. The standard InChI is InChI=1S/C12H17N5O/c1-3-4-14-10-5-11(7-13-6-10)15-8-12-16-9(2)17-18-12/h5-7,14-15H,3-4,8H2,1-2H3. The fourth-order valence-corrected chi connectivity index (χ4v) is 1.49. The van der Waals surface area contributed by atoms with Crippen molar-refractivity contribution in [3.05, 3.63) is 30.2 Å². The number of anilines is 2. The highest BCUT2D eigenvalue weighted by atomic mass is 16.5. The summed E-state index contributed by atoms with van der Waals surface area (Å²) in [6.45, 7) is 5.36. The molecule has 0 radical (unpaired) electrons. The van der Waals surface area contributed by atoms with E-state index in [9.17, 15) is 0 Å². The number of hydrogen-bond acceptors (Lipinski definition) is 6. The molecule has 0 unspecified atom stereocenters. The Morgan fingerprint density at radius 1 is 1.22 bits per heavy atom. The minimum atomic E-state index is 0.500. The monoisotopic (exact) mass is 247 g/mol. The maximum absolute atomic E-state index is 5.02. The number of hydrogen-bond donors (Lipinski definition) is 2. The molecule has 2 aromatic heterocycles. The lowest BCUT2D eigenvalue weighted by molar-refractivity contribution is 0.379. The van der Waals surface area contributed by atoms with E-state index in [4.69, 9.17) is 4.52 Å². The van der Waals surface area contributed by atoms with Gasteiger partial charge in [0.25, 0.3) is 0 Å². The molecule has 18 heavy (non-hydrogen) atoms. The summed E-state index contributed by atoms with van der Waals surface area (Å²) in [6, 6.07) is 2.01. The molecule has 0 atom stereocenters. The summed E-state index contributed by atoms with van der Waals surface area (Å²) in [4.78, 5) is 8.28. The highest BCUT2D eigenvalue weighted by Crippen LogP contribution is 2.13. The third-order valence-corrected chi connectivity index (χ3v) is 2.33. The minimum absolute atomic E-state index is 0.500. The minimum Gasteiger partial charge on any atom is -0.384 e. The largest absolute Gasteiger partial charge is 0.384 e. The van der Waals surface area contributed by atoms with Crippen LogP contribution in [0.1, 0.15) is 25.1 Å². The van der Waals surface area contributed by atoms with Crippen molar-refractivity contribution in [2.45, 2.75) is 26.8 Å². The van der Waals surface area contributed by atoms with Crippen molar-refractivity contribution in [1.29, 1.82) is 0 Å². The molecule has 0 aliphatic carbocycles. The third kappa shape index (κ3) is 3.44. The first-order valence-corrected chi connectivity index (χ1v) is 6.00. The van der Waals surface area contributed by atoms with Gasteiger partial charge < -0.3 is 15.2 Å². The number of aromatic nitrogens is 3. The van der Waals surface area contributed by atoms with Crippen LogP contribution in [-0.4, -0.2) is 21.7 Å². The highest BCUT2D eigenvalue weighted by Gasteiger charge is 2.02. The predicted octanol–water partition coefficient (Wildman–Crippen LogP) is 2.21. The molecular formula is C12H17N5O. The number of rotatable bonds is 6. The summed E-state index contributed by atoms with van der Waals surface area (Å²) in [5.41, 5.74) is 1.93. The van der Waals surface area contributed by atoms with Gasteiger partial charge in [-0.05, 0) is 19.4 Å². The van der Waals surface area contributed by atoms with Crippen molar-refractivity contribution in [3.63, 3.8) is 0 Å². The van der Waals surface area contributed by atoms with E-state index in [0.717, 1.165) is 24.3 Å². The van der Waals surface area contributed by atoms with E-state index in [-0.39, 0.29) is 0 Å². The van der Waals surface area contributed by atoms with Crippen molar-refractivity contribution in [2.24, 2.45) is 0 Å². The van der Waals surface area contributed by atoms with Crippen molar-refractivity contribution in [1.82, 2.24) is 15.1 Å². The molecule has 0 aliphatic heterocycles. The SMILES string of the molecule is CCCNc1cncc(NCc2nc(C)no2)c1. The summed E-state index contributed by atoms with van der Waals surface area (Å²) in [7, 11) is 0. The van der Waals surface area contributed by atoms with Crippen molar-refractivity contribution in [3.8, 4) is 0 Å². The van der Waals surface area contributed by atoms with Crippen LogP contribution in [0.25, 0.3) is 0 Å². The predicted molar refractivity (Wildman–Crippen MR) is 69.4 cm³/mol. The average molecular weight is 247 g/mol. The Hall–Kier alpha value is -2.11. The van der Waals surface area contributed by atoms with E-state index >= 15 is 0 Å². The van der Waals surface area contributed by atoms with Gasteiger partial charge in [0.05, 0.1) is 30.3 Å². The van der Waals surface area contributed by atoms with E-state index in [0.29, 0.717) is 18.3 Å². The molecule has 0 fully saturated rings. The zero-order valence-electron chi connectivity index (χ0n) is 10.6. The molecule has 0 saturated heterocycles. The summed E-state index contributed by atoms with van der Waals surface area (Å²) < 4.78 is 5.02. The van der Waals surface area contributed by atoms with Crippen LogP contribution in [0.5, 0.6) is 0 Å². The third-order valence-electron chi connectivity index (χ3n) is 2.33. The smallest absolute Gasteiger partial charge is 0.245 e. The van der Waals surface area contributed by atoms with Gasteiger partial charge in [0.2, 0.25) is 5.89 Å². The average Bonchev–Trinajstić information content (AvgIpc) is 2.80. The second-order valence-electron chi connectivity index (χ2n) is 3.98. The summed E-state index contributed by atoms with van der Waals surface area (Å²) in [5, 5.41) is 10.2. The van der Waals surface area contributed by atoms with E-state index in [2.05, 4.69) is 32.7 Å². The second-order valence-corrected chi connectivity index (χ2v) is 3.98. The summed E-state index contributed by atoms with van der Waals surface area (Å²) in [5.74, 6) is 1.21. The van der Waals surface area contributed by atoms with Crippen LogP contribution in [-0.2, 0) is 6.54 Å². The number of pyridine rings is 1. The number of aryl methyl sites for hydroxylation is 1. The van der Waals surface area contributed by atoms with Crippen LogP contribution < -0.4 is 10.6 Å². The lowest BCUT2D eigenvalue weighted by Crippen LogP contribution is -2.03. The van der Waals surface area contributed by atoms with Gasteiger partial charge in [-0.1, -0.05) is 12.1 Å². The second kappa shape index (κ2) is 6.00. The molecule has 96 valence electrons. The van der Waals surface area contributed by atoms with Gasteiger partial charge in [0.1, 0.15) is 0 Å². The molecule has 2 aromatic rings. The Morgan fingerprint density at radius 2 is 2.00 bits per heavy atom. The topological polar surface area (TPSA) is 75.9 Å². The molecule has 0 bridgehead atoms. The first-order chi connectivity index (χ1) is 8.78. The molecule has 2 rings (SSSR count). The van der Waals surface area contributed by atoms with Crippen molar-refractivity contribution >= 4 is 11.4 Å². The fraction of sp³-hybridized carbons (Fsp3) is 0.417. The van der Waals surface area contributed by atoms with Crippen LogP contribution in [0.2, 0.25) is 0 Å². The van der Waals surface area contributed by atoms with Gasteiger partial charge in [0.15, 0.2) is 5.82 Å². The maximum Gasteiger partial charge on any atom is 0.245 e. The highest BCUT2D eigenvalue weighted by molar-refractivity contribution is 5.53. The first kappa shape index (κ1) is 12.3. The van der Waals surface area contributed by atoms with Crippen LogP contribution in [0, 0.1) is 6.92 Å². The van der Waals surface area contributed by atoms with Gasteiger partial charge in [-0.3, -0.25) is 4.98 Å².